The number of aromatic nitrogens is 1. The highest BCUT2D eigenvalue weighted by atomic mass is 16.2. The van der Waals surface area contributed by atoms with E-state index in [1.54, 1.807) is 0 Å². The third kappa shape index (κ3) is 3.95. The minimum Gasteiger partial charge on any atom is -0.370 e. The van der Waals surface area contributed by atoms with Crippen LogP contribution in [0.25, 0.3) is 0 Å². The van der Waals surface area contributed by atoms with E-state index in [1.165, 1.54) is 0 Å². The molecule has 1 amide bonds. The molecule has 1 aliphatic rings. The third-order valence-corrected chi connectivity index (χ3v) is 3.33. The monoisotopic (exact) mass is 275 g/mol. The van der Waals surface area contributed by atoms with Gasteiger partial charge >= 0.3 is 0 Å². The maximum atomic E-state index is 12.6. The van der Waals surface area contributed by atoms with Crippen molar-refractivity contribution < 1.29 is 4.79 Å². The van der Waals surface area contributed by atoms with Gasteiger partial charge in [0.05, 0.1) is 0 Å². The van der Waals surface area contributed by atoms with Crippen LogP contribution in [0.2, 0.25) is 0 Å². The molecule has 0 saturated heterocycles. The quantitative estimate of drug-likeness (QED) is 0.831. The molecular weight excluding hydrogens is 250 g/mol. The number of carbonyl (C=O) groups is 1. The van der Waals surface area contributed by atoms with Gasteiger partial charge in [-0.2, -0.15) is 0 Å². The SMILES string of the molecule is CCCNc1cccc(C(=O)N(CC(C)C)C2CC2)n1. The molecule has 20 heavy (non-hydrogen) atoms. The smallest absolute Gasteiger partial charge is 0.272 e. The lowest BCUT2D eigenvalue weighted by molar-refractivity contribution is 0.0716. The number of amides is 1. The summed E-state index contributed by atoms with van der Waals surface area (Å²) in [4.78, 5) is 19.1. The van der Waals surface area contributed by atoms with Gasteiger partial charge < -0.3 is 10.2 Å². The van der Waals surface area contributed by atoms with Crippen molar-refractivity contribution in [1.82, 2.24) is 9.88 Å². The van der Waals surface area contributed by atoms with Crippen LogP contribution in [-0.2, 0) is 0 Å². The van der Waals surface area contributed by atoms with Gasteiger partial charge in [0.15, 0.2) is 0 Å². The maximum absolute atomic E-state index is 12.6. The number of pyridine rings is 1. The lowest BCUT2D eigenvalue weighted by Gasteiger charge is -2.24. The van der Waals surface area contributed by atoms with Gasteiger partial charge in [0.2, 0.25) is 0 Å². The molecule has 1 aromatic heterocycles. The van der Waals surface area contributed by atoms with Crippen LogP contribution in [0.4, 0.5) is 5.82 Å². The van der Waals surface area contributed by atoms with E-state index in [0.29, 0.717) is 17.7 Å². The lowest BCUT2D eigenvalue weighted by Crippen LogP contribution is -2.36. The van der Waals surface area contributed by atoms with Gasteiger partial charge in [0.25, 0.3) is 5.91 Å². The first-order valence-electron chi connectivity index (χ1n) is 7.63. The Morgan fingerprint density at radius 1 is 1.45 bits per heavy atom. The molecule has 0 bridgehead atoms. The van der Waals surface area contributed by atoms with Gasteiger partial charge in [0.1, 0.15) is 11.5 Å². The fourth-order valence-corrected chi connectivity index (χ4v) is 2.23. The second-order valence-electron chi connectivity index (χ2n) is 5.92. The van der Waals surface area contributed by atoms with Crippen LogP contribution in [0, 0.1) is 5.92 Å². The molecule has 2 rings (SSSR count). The second kappa shape index (κ2) is 6.73. The minimum atomic E-state index is 0.0707. The topological polar surface area (TPSA) is 45.2 Å². The largest absolute Gasteiger partial charge is 0.370 e. The van der Waals surface area contributed by atoms with Gasteiger partial charge in [-0.3, -0.25) is 4.79 Å². The summed E-state index contributed by atoms with van der Waals surface area (Å²) in [6.07, 6.45) is 3.31. The molecule has 0 aromatic carbocycles. The van der Waals surface area contributed by atoms with Crippen LogP contribution in [-0.4, -0.2) is 34.9 Å². The van der Waals surface area contributed by atoms with E-state index in [4.69, 9.17) is 0 Å². The molecule has 0 spiro atoms. The van der Waals surface area contributed by atoms with Crippen LogP contribution in [0.3, 0.4) is 0 Å². The number of hydrogen-bond acceptors (Lipinski definition) is 3. The van der Waals surface area contributed by atoms with Crippen molar-refractivity contribution >= 4 is 11.7 Å². The van der Waals surface area contributed by atoms with E-state index in [9.17, 15) is 4.79 Å². The summed E-state index contributed by atoms with van der Waals surface area (Å²) in [6, 6.07) is 6.06. The zero-order chi connectivity index (χ0) is 14.5. The fraction of sp³-hybridized carbons (Fsp3) is 0.625. The molecule has 0 atom stereocenters. The van der Waals surface area contributed by atoms with Crippen LogP contribution in [0.15, 0.2) is 18.2 Å². The van der Waals surface area contributed by atoms with Gasteiger partial charge in [0, 0.05) is 19.1 Å². The van der Waals surface area contributed by atoms with Crippen molar-refractivity contribution in [3.8, 4) is 0 Å². The van der Waals surface area contributed by atoms with Crippen LogP contribution in [0.5, 0.6) is 0 Å². The number of hydrogen-bond donors (Lipinski definition) is 1. The Hall–Kier alpha value is -1.58. The number of nitrogens with one attached hydrogen (secondary N) is 1. The minimum absolute atomic E-state index is 0.0707. The van der Waals surface area contributed by atoms with E-state index in [-0.39, 0.29) is 5.91 Å². The second-order valence-corrected chi connectivity index (χ2v) is 5.92. The van der Waals surface area contributed by atoms with Gasteiger partial charge in [-0.15, -0.1) is 0 Å². The average molecular weight is 275 g/mol. The Kier molecular flexibility index (Phi) is 4.99. The van der Waals surface area contributed by atoms with E-state index < -0.39 is 0 Å². The third-order valence-electron chi connectivity index (χ3n) is 3.33. The molecule has 1 aromatic rings. The summed E-state index contributed by atoms with van der Waals surface area (Å²) < 4.78 is 0. The van der Waals surface area contributed by atoms with Crippen LogP contribution < -0.4 is 5.32 Å². The van der Waals surface area contributed by atoms with Crippen molar-refractivity contribution in [2.45, 2.75) is 46.1 Å². The standard InChI is InChI=1S/C16H25N3O/c1-4-10-17-15-7-5-6-14(18-15)16(20)19(11-12(2)3)13-8-9-13/h5-7,12-13H,4,8-11H2,1-3H3,(H,17,18). The summed E-state index contributed by atoms with van der Waals surface area (Å²) in [5.41, 5.74) is 0.554. The highest BCUT2D eigenvalue weighted by Crippen LogP contribution is 2.28. The van der Waals surface area contributed by atoms with Crippen molar-refractivity contribution in [3.05, 3.63) is 23.9 Å². The molecule has 0 aliphatic heterocycles. The Bertz CT molecular complexity index is 455. The van der Waals surface area contributed by atoms with E-state index in [0.717, 1.165) is 38.2 Å². The molecular formula is C16H25N3O. The molecule has 4 nitrogen and oxygen atoms in total. The first kappa shape index (κ1) is 14.8. The predicted octanol–water partition coefficient (Wildman–Crippen LogP) is 3.16. The molecule has 1 fully saturated rings. The van der Waals surface area contributed by atoms with E-state index in [1.807, 2.05) is 23.1 Å². The van der Waals surface area contributed by atoms with Gasteiger partial charge in [-0.05, 0) is 37.3 Å². The molecule has 4 heteroatoms. The molecule has 1 saturated carbocycles. The number of rotatable bonds is 7. The summed E-state index contributed by atoms with van der Waals surface area (Å²) in [5, 5.41) is 3.23. The fourth-order valence-electron chi connectivity index (χ4n) is 2.23. The summed E-state index contributed by atoms with van der Waals surface area (Å²) >= 11 is 0. The highest BCUT2D eigenvalue weighted by molar-refractivity contribution is 5.93. The summed E-state index contributed by atoms with van der Waals surface area (Å²) in [6.45, 7) is 8.10. The summed E-state index contributed by atoms with van der Waals surface area (Å²) in [7, 11) is 0. The molecule has 1 N–H and O–H groups in total. The number of anilines is 1. The number of nitrogens with zero attached hydrogens (tertiary/aromatic N) is 2. The molecule has 0 radical (unpaired) electrons. The van der Waals surface area contributed by atoms with Crippen LogP contribution >= 0.6 is 0 Å². The van der Waals surface area contributed by atoms with Crippen molar-refractivity contribution in [2.75, 3.05) is 18.4 Å². The van der Waals surface area contributed by atoms with E-state index in [2.05, 4.69) is 31.1 Å². The molecule has 1 heterocycles. The Morgan fingerprint density at radius 2 is 2.20 bits per heavy atom. The van der Waals surface area contributed by atoms with Crippen LogP contribution in [0.1, 0.15) is 50.5 Å². The van der Waals surface area contributed by atoms with Crippen molar-refractivity contribution in [2.24, 2.45) is 5.92 Å². The molecule has 110 valence electrons. The van der Waals surface area contributed by atoms with Gasteiger partial charge in [-0.1, -0.05) is 26.8 Å². The molecule has 1 aliphatic carbocycles. The Morgan fingerprint density at radius 3 is 2.80 bits per heavy atom. The van der Waals surface area contributed by atoms with Crippen molar-refractivity contribution in [1.29, 1.82) is 0 Å². The first-order chi connectivity index (χ1) is 9.61. The maximum Gasteiger partial charge on any atom is 0.272 e. The van der Waals surface area contributed by atoms with Crippen molar-refractivity contribution in [3.63, 3.8) is 0 Å². The Balaban J connectivity index is 2.09. The molecule has 0 unspecified atom stereocenters. The normalized spacial score (nSPS) is 14.4. The zero-order valence-corrected chi connectivity index (χ0v) is 12.7. The van der Waals surface area contributed by atoms with E-state index >= 15 is 0 Å². The first-order valence-corrected chi connectivity index (χ1v) is 7.63. The lowest BCUT2D eigenvalue weighted by atomic mass is 10.2. The number of carbonyl (C=O) groups excluding carboxylic acids is 1. The Labute approximate surface area is 121 Å². The zero-order valence-electron chi connectivity index (χ0n) is 12.7. The van der Waals surface area contributed by atoms with Gasteiger partial charge in [-0.25, -0.2) is 4.98 Å². The average Bonchev–Trinajstić information content (AvgIpc) is 3.26. The highest BCUT2D eigenvalue weighted by Gasteiger charge is 2.33. The summed E-state index contributed by atoms with van der Waals surface area (Å²) in [5.74, 6) is 1.35. The predicted molar refractivity (Wildman–Crippen MR) is 81.9 cm³/mol.